The van der Waals surface area contributed by atoms with Crippen LogP contribution in [-0.2, 0) is 21.2 Å². The van der Waals surface area contributed by atoms with Gasteiger partial charge < -0.3 is 10.2 Å². The Bertz CT molecular complexity index is 619. The van der Waals surface area contributed by atoms with Crippen molar-refractivity contribution < 1.29 is 13.2 Å². The largest absolute Gasteiger partial charge is 0.337 e. The van der Waals surface area contributed by atoms with Crippen LogP contribution in [0.5, 0.6) is 0 Å². The highest BCUT2D eigenvalue weighted by Crippen LogP contribution is 2.13. The molecular formula is C15H24ClN3O3S. The van der Waals surface area contributed by atoms with Crippen molar-refractivity contribution in [1.82, 2.24) is 14.9 Å². The Morgan fingerprint density at radius 3 is 2.57 bits per heavy atom. The van der Waals surface area contributed by atoms with Gasteiger partial charge in [0.2, 0.25) is 15.9 Å². The molecule has 1 aromatic rings. The average molecular weight is 362 g/mol. The summed E-state index contributed by atoms with van der Waals surface area (Å²) in [6.45, 7) is 4.47. The molecule has 8 heteroatoms. The molecule has 1 aliphatic heterocycles. The minimum atomic E-state index is -3.40. The minimum Gasteiger partial charge on any atom is -0.337 e. The zero-order valence-electron chi connectivity index (χ0n) is 13.4. The number of sulfonamides is 1. The van der Waals surface area contributed by atoms with E-state index >= 15 is 0 Å². The van der Waals surface area contributed by atoms with Gasteiger partial charge in [-0.1, -0.05) is 12.1 Å². The van der Waals surface area contributed by atoms with Crippen LogP contribution in [0.3, 0.4) is 0 Å². The molecule has 1 fully saturated rings. The van der Waals surface area contributed by atoms with Crippen molar-refractivity contribution in [2.24, 2.45) is 0 Å². The number of hydrogen-bond donors (Lipinski definition) is 2. The molecule has 130 valence electrons. The summed E-state index contributed by atoms with van der Waals surface area (Å²) in [6.07, 6.45) is 1.07. The maximum Gasteiger partial charge on any atom is 0.240 e. The van der Waals surface area contributed by atoms with Crippen molar-refractivity contribution in [1.29, 1.82) is 0 Å². The lowest BCUT2D eigenvalue weighted by Gasteiger charge is -2.34. The van der Waals surface area contributed by atoms with Gasteiger partial charge in [-0.2, -0.15) is 0 Å². The summed E-state index contributed by atoms with van der Waals surface area (Å²) < 4.78 is 25.6. The van der Waals surface area contributed by atoms with Gasteiger partial charge in [0.1, 0.15) is 0 Å². The molecule has 0 unspecified atom stereocenters. The lowest BCUT2D eigenvalue weighted by molar-refractivity contribution is -0.133. The highest BCUT2D eigenvalue weighted by atomic mass is 35.5. The second-order valence-electron chi connectivity index (χ2n) is 5.49. The monoisotopic (exact) mass is 361 g/mol. The van der Waals surface area contributed by atoms with E-state index in [1.165, 1.54) is 7.05 Å². The number of amides is 1. The fraction of sp³-hybridized carbons (Fsp3) is 0.533. The molecule has 0 radical (unpaired) electrons. The molecule has 6 nitrogen and oxygen atoms in total. The molecular weight excluding hydrogens is 338 g/mol. The van der Waals surface area contributed by atoms with Crippen LogP contribution in [0.2, 0.25) is 0 Å². The summed E-state index contributed by atoms with van der Waals surface area (Å²) in [5, 5.41) is 3.26. The predicted octanol–water partition coefficient (Wildman–Crippen LogP) is 0.769. The molecule has 0 aliphatic carbocycles. The molecule has 1 atom stereocenters. The number of hydrogen-bond acceptors (Lipinski definition) is 4. The van der Waals surface area contributed by atoms with Gasteiger partial charge in [0.25, 0.3) is 0 Å². The summed E-state index contributed by atoms with van der Waals surface area (Å²) >= 11 is 0. The van der Waals surface area contributed by atoms with E-state index in [1.807, 2.05) is 11.8 Å². The zero-order valence-corrected chi connectivity index (χ0v) is 15.0. The quantitative estimate of drug-likeness (QED) is 0.812. The fourth-order valence-corrected chi connectivity index (χ4v) is 3.29. The highest BCUT2D eigenvalue weighted by molar-refractivity contribution is 7.89. The van der Waals surface area contributed by atoms with Gasteiger partial charge in [-0.3, -0.25) is 4.79 Å². The molecule has 1 amide bonds. The van der Waals surface area contributed by atoms with Crippen LogP contribution < -0.4 is 10.0 Å². The van der Waals surface area contributed by atoms with Crippen LogP contribution in [-0.4, -0.2) is 51.9 Å². The Hall–Kier alpha value is -1.15. The van der Waals surface area contributed by atoms with Crippen molar-refractivity contribution in [2.75, 3.05) is 26.7 Å². The maximum atomic E-state index is 12.2. The number of nitrogens with one attached hydrogen (secondary N) is 2. The molecule has 1 heterocycles. The van der Waals surface area contributed by atoms with Crippen molar-refractivity contribution in [2.45, 2.75) is 30.7 Å². The summed E-state index contributed by atoms with van der Waals surface area (Å²) in [6, 6.07) is 6.89. The van der Waals surface area contributed by atoms with Crippen molar-refractivity contribution in [3.63, 3.8) is 0 Å². The van der Waals surface area contributed by atoms with Crippen LogP contribution in [0.25, 0.3) is 0 Å². The third-order valence-corrected chi connectivity index (χ3v) is 5.38. The number of carbonyl (C=O) groups is 1. The van der Waals surface area contributed by atoms with Crippen molar-refractivity contribution in [3.05, 3.63) is 29.8 Å². The van der Waals surface area contributed by atoms with Crippen LogP contribution in [0.15, 0.2) is 29.2 Å². The number of aryl methyl sites for hydroxylation is 1. The van der Waals surface area contributed by atoms with E-state index in [0.29, 0.717) is 12.8 Å². The Labute approximate surface area is 144 Å². The van der Waals surface area contributed by atoms with Gasteiger partial charge in [0, 0.05) is 32.1 Å². The summed E-state index contributed by atoms with van der Waals surface area (Å²) in [4.78, 5) is 14.4. The van der Waals surface area contributed by atoms with Crippen LogP contribution in [0.4, 0.5) is 0 Å². The van der Waals surface area contributed by atoms with Gasteiger partial charge in [0.05, 0.1) is 4.90 Å². The average Bonchev–Trinajstić information content (AvgIpc) is 2.53. The summed E-state index contributed by atoms with van der Waals surface area (Å²) in [5.41, 5.74) is 0.964. The van der Waals surface area contributed by atoms with E-state index in [-0.39, 0.29) is 29.3 Å². The number of halogens is 1. The first-order chi connectivity index (χ1) is 10.4. The van der Waals surface area contributed by atoms with Gasteiger partial charge in [-0.25, -0.2) is 13.1 Å². The first kappa shape index (κ1) is 19.9. The lowest BCUT2D eigenvalue weighted by atomic mass is 10.1. The molecule has 0 aromatic heterocycles. The number of piperazine rings is 1. The number of rotatable bonds is 5. The van der Waals surface area contributed by atoms with Crippen LogP contribution in [0.1, 0.15) is 18.9 Å². The lowest BCUT2D eigenvalue weighted by Crippen LogP contribution is -2.52. The van der Waals surface area contributed by atoms with E-state index < -0.39 is 10.0 Å². The topological polar surface area (TPSA) is 78.5 Å². The van der Waals surface area contributed by atoms with Gasteiger partial charge >= 0.3 is 0 Å². The Morgan fingerprint density at radius 1 is 1.35 bits per heavy atom. The van der Waals surface area contributed by atoms with E-state index in [2.05, 4.69) is 10.0 Å². The minimum absolute atomic E-state index is 0. The SMILES string of the molecule is CNS(=O)(=O)c1ccc(CCC(=O)N2CCNC[C@@H]2C)cc1.Cl. The van der Waals surface area contributed by atoms with Crippen molar-refractivity contribution in [3.8, 4) is 0 Å². The maximum absolute atomic E-state index is 12.2. The van der Waals surface area contributed by atoms with E-state index in [0.717, 1.165) is 25.2 Å². The Morgan fingerprint density at radius 2 is 2.00 bits per heavy atom. The Kier molecular flexibility index (Phi) is 7.47. The summed E-state index contributed by atoms with van der Waals surface area (Å²) in [5.74, 6) is 0.154. The standard InChI is InChI=1S/C15H23N3O3S.ClH/c1-12-11-17-9-10-18(12)15(19)8-5-13-3-6-14(7-4-13)22(20,21)16-2;/h3-4,6-7,12,16-17H,5,8-11H2,1-2H3;1H/t12-;/m0./s1. The molecule has 2 N–H and O–H groups in total. The van der Waals surface area contributed by atoms with Crippen LogP contribution in [0, 0.1) is 0 Å². The predicted molar refractivity (Wildman–Crippen MR) is 92.3 cm³/mol. The Balaban J connectivity index is 0.00000264. The molecule has 1 aliphatic rings. The molecule has 0 saturated carbocycles. The van der Waals surface area contributed by atoms with Crippen molar-refractivity contribution >= 4 is 28.3 Å². The van der Waals surface area contributed by atoms with Crippen LogP contribution >= 0.6 is 12.4 Å². The summed E-state index contributed by atoms with van der Waals surface area (Å²) in [7, 11) is -2.02. The second kappa shape index (κ2) is 8.63. The molecule has 0 spiro atoms. The third-order valence-electron chi connectivity index (χ3n) is 3.95. The van der Waals surface area contributed by atoms with E-state index in [4.69, 9.17) is 0 Å². The highest BCUT2D eigenvalue weighted by Gasteiger charge is 2.22. The molecule has 1 aromatic carbocycles. The fourth-order valence-electron chi connectivity index (χ4n) is 2.56. The first-order valence-electron chi connectivity index (χ1n) is 7.46. The number of carbonyl (C=O) groups excluding carboxylic acids is 1. The number of benzene rings is 1. The van der Waals surface area contributed by atoms with Gasteiger partial charge in [0.15, 0.2) is 0 Å². The van der Waals surface area contributed by atoms with E-state index in [1.54, 1.807) is 24.3 Å². The second-order valence-corrected chi connectivity index (χ2v) is 7.38. The zero-order chi connectivity index (χ0) is 16.2. The smallest absolute Gasteiger partial charge is 0.240 e. The molecule has 1 saturated heterocycles. The van der Waals surface area contributed by atoms with Gasteiger partial charge in [-0.15, -0.1) is 12.4 Å². The number of nitrogens with zero attached hydrogens (tertiary/aromatic N) is 1. The normalized spacial score (nSPS) is 18.3. The van der Waals surface area contributed by atoms with E-state index in [9.17, 15) is 13.2 Å². The molecule has 0 bridgehead atoms. The molecule has 2 rings (SSSR count). The van der Waals surface area contributed by atoms with Gasteiger partial charge in [-0.05, 0) is 38.1 Å². The molecule has 23 heavy (non-hydrogen) atoms. The first-order valence-corrected chi connectivity index (χ1v) is 8.95. The third kappa shape index (κ3) is 5.17.